The van der Waals surface area contributed by atoms with Crippen molar-refractivity contribution in [2.24, 2.45) is 0 Å². The second-order valence-electron chi connectivity index (χ2n) is 4.91. The van der Waals surface area contributed by atoms with Crippen molar-refractivity contribution in [2.75, 3.05) is 0 Å². The van der Waals surface area contributed by atoms with Gasteiger partial charge in [0.2, 0.25) is 0 Å². The quantitative estimate of drug-likeness (QED) is 0.614. The van der Waals surface area contributed by atoms with E-state index in [-0.39, 0.29) is 0 Å². The Bertz CT molecular complexity index is 593. The van der Waals surface area contributed by atoms with Gasteiger partial charge in [0.25, 0.3) is 0 Å². The summed E-state index contributed by atoms with van der Waals surface area (Å²) in [5, 5.41) is 34.6. The number of alkyl halides is 8. The van der Waals surface area contributed by atoms with E-state index >= 15 is 0 Å². The van der Waals surface area contributed by atoms with E-state index in [1.54, 1.807) is 0 Å². The zero-order chi connectivity index (χ0) is 19.5. The molecule has 1 aromatic rings. The smallest absolute Gasteiger partial charge is 0.332 e. The van der Waals surface area contributed by atoms with E-state index in [0.717, 1.165) is 0 Å². The summed E-state index contributed by atoms with van der Waals surface area (Å²) >= 11 is 0. The number of hydrogen-bond donors (Lipinski definition) is 4. The minimum absolute atomic E-state index is 0.485. The fourth-order valence-electron chi connectivity index (χ4n) is 2.35. The van der Waals surface area contributed by atoms with Crippen LogP contribution in [0.25, 0.3) is 0 Å². The molecule has 0 unspecified atom stereocenters. The third kappa shape index (κ3) is 3.61. The minimum atomic E-state index is -5.60. The summed E-state index contributed by atoms with van der Waals surface area (Å²) in [5.41, 5.74) is -12.7. The zero-order valence-corrected chi connectivity index (χ0v) is 11.8. The van der Waals surface area contributed by atoms with Gasteiger partial charge in [0.1, 0.15) is 0 Å². The van der Waals surface area contributed by atoms with Gasteiger partial charge in [-0.15, -0.1) is 0 Å². The van der Waals surface area contributed by atoms with Gasteiger partial charge >= 0.3 is 24.4 Å². The highest BCUT2D eigenvalue weighted by molar-refractivity contribution is 5.55. The van der Waals surface area contributed by atoms with Crippen molar-refractivity contribution in [3.63, 3.8) is 0 Å². The van der Waals surface area contributed by atoms with E-state index in [0.29, 0.717) is 13.8 Å². The lowest BCUT2D eigenvalue weighted by Gasteiger charge is -2.30. The van der Waals surface area contributed by atoms with Crippen molar-refractivity contribution >= 4 is 0 Å². The molecule has 0 spiro atoms. The highest BCUT2D eigenvalue weighted by Gasteiger charge is 2.53. The molecule has 0 aromatic heterocycles. The number of benzene rings is 1. The normalized spacial score (nSPS) is 14.2. The molecule has 0 atom stereocenters. The van der Waals surface area contributed by atoms with E-state index in [1.807, 2.05) is 0 Å². The van der Waals surface area contributed by atoms with Crippen LogP contribution in [0, 0.1) is 13.8 Å². The van der Waals surface area contributed by atoms with Gasteiger partial charge in [0.15, 0.2) is 0 Å². The van der Waals surface area contributed by atoms with E-state index < -0.39 is 57.8 Å². The van der Waals surface area contributed by atoms with Crippen molar-refractivity contribution in [3.8, 4) is 0 Å². The van der Waals surface area contributed by atoms with E-state index in [1.165, 1.54) is 0 Å². The van der Waals surface area contributed by atoms with Gasteiger partial charge in [0.05, 0.1) is 22.3 Å². The standard InChI is InChI=1S/C12H10F8O4/c1-3-4(2)6(10(15,16)22)8(12(19,20)24)7(11(17,18)23)5(3)9(13,14)21/h21-24H,1-2H3. The summed E-state index contributed by atoms with van der Waals surface area (Å²) < 4.78 is 106. The Labute approximate surface area is 128 Å². The predicted octanol–water partition coefficient (Wildman–Crippen LogP) is 2.47. The average molecular weight is 370 g/mol. The van der Waals surface area contributed by atoms with Crippen LogP contribution >= 0.6 is 0 Å². The van der Waals surface area contributed by atoms with Crippen molar-refractivity contribution in [3.05, 3.63) is 33.4 Å². The average Bonchev–Trinajstić information content (AvgIpc) is 2.25. The second-order valence-corrected chi connectivity index (χ2v) is 4.91. The molecule has 0 radical (unpaired) electrons. The summed E-state index contributed by atoms with van der Waals surface area (Å²) in [5.74, 6) is 0. The van der Waals surface area contributed by atoms with Gasteiger partial charge in [-0.1, -0.05) is 0 Å². The van der Waals surface area contributed by atoms with Gasteiger partial charge in [-0.05, 0) is 25.0 Å². The molecule has 0 bridgehead atoms. The Balaban J connectivity index is 4.34. The Kier molecular flexibility index (Phi) is 4.72. The lowest BCUT2D eigenvalue weighted by Crippen LogP contribution is -2.34. The molecule has 4 nitrogen and oxygen atoms in total. The van der Waals surface area contributed by atoms with E-state index in [4.69, 9.17) is 20.4 Å². The highest BCUT2D eigenvalue weighted by Crippen LogP contribution is 2.49. The Morgan fingerprint density at radius 2 is 0.625 bits per heavy atom. The summed E-state index contributed by atoms with van der Waals surface area (Å²) in [4.78, 5) is 0. The first-order valence-corrected chi connectivity index (χ1v) is 5.91. The van der Waals surface area contributed by atoms with Gasteiger partial charge in [-0.3, -0.25) is 0 Å². The van der Waals surface area contributed by atoms with E-state index in [2.05, 4.69) is 0 Å². The molecule has 12 heteroatoms. The van der Waals surface area contributed by atoms with Gasteiger partial charge in [-0.2, -0.15) is 35.1 Å². The summed E-state index contributed by atoms with van der Waals surface area (Å²) in [6, 6.07) is 0. The Morgan fingerprint density at radius 3 is 0.750 bits per heavy atom. The maximum absolute atomic E-state index is 13.3. The minimum Gasteiger partial charge on any atom is -0.332 e. The van der Waals surface area contributed by atoms with Crippen molar-refractivity contribution in [2.45, 2.75) is 38.3 Å². The molecule has 24 heavy (non-hydrogen) atoms. The van der Waals surface area contributed by atoms with Crippen molar-refractivity contribution in [1.29, 1.82) is 0 Å². The lowest BCUT2D eigenvalue weighted by atomic mass is 9.85. The molecule has 0 saturated heterocycles. The number of rotatable bonds is 4. The predicted molar refractivity (Wildman–Crippen MR) is 60.4 cm³/mol. The van der Waals surface area contributed by atoms with Crippen LogP contribution in [0.3, 0.4) is 0 Å². The lowest BCUT2D eigenvalue weighted by molar-refractivity contribution is -0.250. The first-order chi connectivity index (χ1) is 10.3. The number of halogens is 8. The molecular formula is C12H10F8O4. The first-order valence-electron chi connectivity index (χ1n) is 5.91. The van der Waals surface area contributed by atoms with Crippen LogP contribution in [0.5, 0.6) is 0 Å². The number of aliphatic hydroxyl groups is 4. The Hall–Kier alpha value is -1.50. The van der Waals surface area contributed by atoms with E-state index in [9.17, 15) is 35.1 Å². The van der Waals surface area contributed by atoms with Crippen LogP contribution in [-0.2, 0) is 24.4 Å². The zero-order valence-electron chi connectivity index (χ0n) is 11.8. The van der Waals surface area contributed by atoms with Crippen molar-refractivity contribution in [1.82, 2.24) is 0 Å². The van der Waals surface area contributed by atoms with Crippen molar-refractivity contribution < 1.29 is 55.5 Å². The van der Waals surface area contributed by atoms with Crippen LogP contribution < -0.4 is 0 Å². The molecule has 1 rings (SSSR count). The molecule has 0 aliphatic heterocycles. The first kappa shape index (κ1) is 20.5. The SMILES string of the molecule is Cc1c(C)c(C(O)(F)F)c(C(O)(F)F)c(C(O)(F)F)c1C(O)(F)F. The molecule has 0 heterocycles. The fourth-order valence-corrected chi connectivity index (χ4v) is 2.35. The third-order valence-corrected chi connectivity index (χ3v) is 3.27. The molecule has 1 aromatic carbocycles. The van der Waals surface area contributed by atoms with Crippen LogP contribution in [0.4, 0.5) is 35.1 Å². The fraction of sp³-hybridized carbons (Fsp3) is 0.500. The van der Waals surface area contributed by atoms with Gasteiger partial charge < -0.3 is 20.4 Å². The van der Waals surface area contributed by atoms with Crippen LogP contribution in [0.2, 0.25) is 0 Å². The molecule has 0 amide bonds. The summed E-state index contributed by atoms with van der Waals surface area (Å²) in [6.45, 7) is 0.969. The molecule has 0 saturated carbocycles. The van der Waals surface area contributed by atoms with Gasteiger partial charge in [0, 0.05) is 0 Å². The molecule has 0 aliphatic rings. The third-order valence-electron chi connectivity index (χ3n) is 3.27. The monoisotopic (exact) mass is 370 g/mol. The molecular weight excluding hydrogens is 360 g/mol. The largest absolute Gasteiger partial charge is 0.382 e. The maximum Gasteiger partial charge on any atom is 0.382 e. The molecule has 0 aliphatic carbocycles. The topological polar surface area (TPSA) is 80.9 Å². The molecule has 0 fully saturated rings. The van der Waals surface area contributed by atoms with Crippen LogP contribution in [-0.4, -0.2) is 20.4 Å². The summed E-state index contributed by atoms with van der Waals surface area (Å²) in [6.07, 6.45) is -21.7. The summed E-state index contributed by atoms with van der Waals surface area (Å²) in [7, 11) is 0. The van der Waals surface area contributed by atoms with Crippen LogP contribution in [0.1, 0.15) is 33.4 Å². The molecule has 4 N–H and O–H groups in total. The Morgan fingerprint density at radius 1 is 0.458 bits per heavy atom. The molecule has 138 valence electrons. The highest BCUT2D eigenvalue weighted by atomic mass is 19.3. The maximum atomic E-state index is 13.3. The second kappa shape index (κ2) is 5.51. The van der Waals surface area contributed by atoms with Crippen LogP contribution in [0.15, 0.2) is 0 Å². The van der Waals surface area contributed by atoms with Gasteiger partial charge in [-0.25, -0.2) is 0 Å². The number of hydrogen-bond acceptors (Lipinski definition) is 4.